The van der Waals surface area contributed by atoms with Crippen LogP contribution in [0.15, 0.2) is 12.2 Å². The third-order valence-electron chi connectivity index (χ3n) is 1.26. The van der Waals surface area contributed by atoms with Crippen molar-refractivity contribution < 1.29 is 5.11 Å². The summed E-state index contributed by atoms with van der Waals surface area (Å²) in [7, 11) is 0. The molecule has 0 saturated heterocycles. The number of nitriles is 1. The van der Waals surface area contributed by atoms with Gasteiger partial charge in [0.05, 0.1) is 12.0 Å². The Balaban J connectivity index is 3.53. The fourth-order valence-corrected chi connectivity index (χ4v) is 0.747. The lowest BCUT2D eigenvalue weighted by atomic mass is 10.1. The molecule has 1 atom stereocenters. The fraction of sp³-hybridized carbons (Fsp3) is 0.625. The first-order chi connectivity index (χ1) is 4.85. The Kier molecular flexibility index (Phi) is 5.80. The van der Waals surface area contributed by atoms with E-state index in [9.17, 15) is 0 Å². The molecule has 0 fully saturated rings. The van der Waals surface area contributed by atoms with Crippen molar-refractivity contribution in [2.24, 2.45) is 5.92 Å². The van der Waals surface area contributed by atoms with Gasteiger partial charge in [0.25, 0.3) is 0 Å². The van der Waals surface area contributed by atoms with Gasteiger partial charge in [-0.1, -0.05) is 12.2 Å². The lowest BCUT2D eigenvalue weighted by molar-refractivity contribution is 0.281. The van der Waals surface area contributed by atoms with Gasteiger partial charge in [0.1, 0.15) is 0 Å². The fourth-order valence-electron chi connectivity index (χ4n) is 0.747. The van der Waals surface area contributed by atoms with Gasteiger partial charge in [-0.05, 0) is 19.8 Å². The summed E-state index contributed by atoms with van der Waals surface area (Å²) in [6, 6.07) is 2.14. The largest absolute Gasteiger partial charge is 0.396 e. The molecule has 0 bridgehead atoms. The minimum atomic E-state index is -0.0165. The van der Waals surface area contributed by atoms with Crippen LogP contribution >= 0.6 is 0 Å². The lowest BCUT2D eigenvalue weighted by Crippen LogP contribution is -1.93. The van der Waals surface area contributed by atoms with Crippen molar-refractivity contribution in [3.8, 4) is 6.07 Å². The highest BCUT2D eigenvalue weighted by molar-refractivity contribution is 4.98. The molecule has 0 radical (unpaired) electrons. The summed E-state index contributed by atoms with van der Waals surface area (Å²) in [4.78, 5) is 0. The zero-order valence-electron chi connectivity index (χ0n) is 6.25. The van der Waals surface area contributed by atoms with E-state index in [-0.39, 0.29) is 12.5 Å². The molecule has 0 heterocycles. The van der Waals surface area contributed by atoms with E-state index in [2.05, 4.69) is 6.07 Å². The summed E-state index contributed by atoms with van der Waals surface area (Å²) in [6.45, 7) is 2.07. The Bertz CT molecular complexity index is 135. The van der Waals surface area contributed by atoms with Crippen LogP contribution in [0.5, 0.6) is 0 Å². The highest BCUT2D eigenvalue weighted by Crippen LogP contribution is 2.05. The number of aliphatic hydroxyl groups excluding tert-OH is 1. The maximum Gasteiger partial charge on any atom is 0.0697 e. The molecule has 0 amide bonds. The van der Waals surface area contributed by atoms with Crippen LogP contribution in [-0.4, -0.2) is 11.7 Å². The number of aliphatic hydroxyl groups is 1. The summed E-state index contributed by atoms with van der Waals surface area (Å²) in [5.41, 5.74) is 0. The number of hydrogen-bond acceptors (Lipinski definition) is 2. The first kappa shape index (κ1) is 9.19. The molecule has 0 spiro atoms. The van der Waals surface area contributed by atoms with Crippen LogP contribution in [0.2, 0.25) is 0 Å². The smallest absolute Gasteiger partial charge is 0.0697 e. The van der Waals surface area contributed by atoms with Crippen LogP contribution in [-0.2, 0) is 0 Å². The SMILES string of the molecule is C/C=C/C(C#N)CCCO. The van der Waals surface area contributed by atoms with Crippen molar-refractivity contribution in [3.05, 3.63) is 12.2 Å². The third kappa shape index (κ3) is 4.11. The van der Waals surface area contributed by atoms with E-state index in [1.54, 1.807) is 0 Å². The molecule has 0 aliphatic carbocycles. The van der Waals surface area contributed by atoms with Gasteiger partial charge in [0.2, 0.25) is 0 Å². The third-order valence-corrected chi connectivity index (χ3v) is 1.26. The Hall–Kier alpha value is -0.810. The number of rotatable bonds is 4. The van der Waals surface area contributed by atoms with Gasteiger partial charge in [0.15, 0.2) is 0 Å². The molecule has 0 aliphatic heterocycles. The molecule has 0 saturated carbocycles. The van der Waals surface area contributed by atoms with Crippen LogP contribution in [0.4, 0.5) is 0 Å². The molecule has 1 N–H and O–H groups in total. The summed E-state index contributed by atoms with van der Waals surface area (Å²) in [5, 5.41) is 16.9. The Labute approximate surface area is 61.8 Å². The Morgan fingerprint density at radius 1 is 1.70 bits per heavy atom. The topological polar surface area (TPSA) is 44.0 Å². The second-order valence-corrected chi connectivity index (χ2v) is 2.13. The van der Waals surface area contributed by atoms with Gasteiger partial charge in [-0.25, -0.2) is 0 Å². The molecule has 2 nitrogen and oxygen atoms in total. The molecule has 0 aromatic carbocycles. The molecular formula is C8H13NO. The van der Waals surface area contributed by atoms with Crippen LogP contribution < -0.4 is 0 Å². The van der Waals surface area contributed by atoms with Crippen molar-refractivity contribution >= 4 is 0 Å². The predicted octanol–water partition coefficient (Wildman–Crippen LogP) is 1.47. The van der Waals surface area contributed by atoms with Gasteiger partial charge in [-0.2, -0.15) is 5.26 Å². The summed E-state index contributed by atoms with van der Waals surface area (Å²) >= 11 is 0. The Morgan fingerprint density at radius 2 is 2.40 bits per heavy atom. The monoisotopic (exact) mass is 139 g/mol. The first-order valence-corrected chi connectivity index (χ1v) is 3.48. The molecule has 0 aromatic heterocycles. The minimum Gasteiger partial charge on any atom is -0.396 e. The normalized spacial score (nSPS) is 13.3. The maximum atomic E-state index is 8.50. The van der Waals surface area contributed by atoms with E-state index < -0.39 is 0 Å². The quantitative estimate of drug-likeness (QED) is 0.599. The second kappa shape index (κ2) is 6.31. The zero-order valence-corrected chi connectivity index (χ0v) is 6.25. The van der Waals surface area contributed by atoms with Crippen molar-refractivity contribution in [2.45, 2.75) is 19.8 Å². The molecular weight excluding hydrogens is 126 g/mol. The highest BCUT2D eigenvalue weighted by atomic mass is 16.2. The molecule has 56 valence electrons. The molecule has 10 heavy (non-hydrogen) atoms. The van der Waals surface area contributed by atoms with Crippen molar-refractivity contribution in [1.29, 1.82) is 5.26 Å². The Morgan fingerprint density at radius 3 is 2.80 bits per heavy atom. The van der Waals surface area contributed by atoms with Gasteiger partial charge in [0, 0.05) is 6.61 Å². The molecule has 0 aliphatic rings. The average Bonchev–Trinajstić information content (AvgIpc) is 1.98. The minimum absolute atomic E-state index is 0.0165. The van der Waals surface area contributed by atoms with Crippen LogP contribution in [0.1, 0.15) is 19.8 Å². The van der Waals surface area contributed by atoms with E-state index in [0.717, 1.165) is 6.42 Å². The predicted molar refractivity (Wildman–Crippen MR) is 40.2 cm³/mol. The molecule has 1 unspecified atom stereocenters. The van der Waals surface area contributed by atoms with Crippen molar-refractivity contribution in [3.63, 3.8) is 0 Å². The van der Waals surface area contributed by atoms with Crippen molar-refractivity contribution in [1.82, 2.24) is 0 Å². The van der Waals surface area contributed by atoms with E-state index >= 15 is 0 Å². The van der Waals surface area contributed by atoms with Gasteiger partial charge in [-0.15, -0.1) is 0 Å². The van der Waals surface area contributed by atoms with Gasteiger partial charge in [-0.3, -0.25) is 0 Å². The summed E-state index contributed by atoms with van der Waals surface area (Å²) in [5.74, 6) is -0.0165. The number of hydrogen-bond donors (Lipinski definition) is 1. The molecule has 2 heteroatoms. The lowest BCUT2D eigenvalue weighted by Gasteiger charge is -1.98. The van der Waals surface area contributed by atoms with Crippen LogP contribution in [0.25, 0.3) is 0 Å². The summed E-state index contributed by atoms with van der Waals surface area (Å²) in [6.07, 6.45) is 5.20. The van der Waals surface area contributed by atoms with Gasteiger partial charge < -0.3 is 5.11 Å². The van der Waals surface area contributed by atoms with Gasteiger partial charge >= 0.3 is 0 Å². The molecule has 0 rings (SSSR count). The number of allylic oxidation sites excluding steroid dienone is 2. The van der Waals surface area contributed by atoms with Crippen molar-refractivity contribution in [2.75, 3.05) is 6.61 Å². The van der Waals surface area contributed by atoms with E-state index in [0.29, 0.717) is 6.42 Å². The molecule has 0 aromatic rings. The van der Waals surface area contributed by atoms with E-state index in [1.165, 1.54) is 0 Å². The van der Waals surface area contributed by atoms with Crippen LogP contribution in [0.3, 0.4) is 0 Å². The zero-order chi connectivity index (χ0) is 7.82. The van der Waals surface area contributed by atoms with Crippen LogP contribution in [0, 0.1) is 17.2 Å². The second-order valence-electron chi connectivity index (χ2n) is 2.13. The standard InChI is InChI=1S/C8H13NO/c1-2-4-8(7-9)5-3-6-10/h2,4,8,10H,3,5-6H2,1H3/b4-2+. The highest BCUT2D eigenvalue weighted by Gasteiger charge is 1.99. The summed E-state index contributed by atoms with van der Waals surface area (Å²) < 4.78 is 0. The number of nitrogens with zero attached hydrogens (tertiary/aromatic N) is 1. The average molecular weight is 139 g/mol. The van der Waals surface area contributed by atoms with E-state index in [4.69, 9.17) is 10.4 Å². The maximum absolute atomic E-state index is 8.50. The first-order valence-electron chi connectivity index (χ1n) is 3.48. The van der Waals surface area contributed by atoms with E-state index in [1.807, 2.05) is 19.1 Å².